The Morgan fingerprint density at radius 3 is 3.12 bits per heavy atom. The van der Waals surface area contributed by atoms with E-state index in [1.807, 2.05) is 24.5 Å². The third-order valence-corrected chi connectivity index (χ3v) is 3.35. The Kier molecular flexibility index (Phi) is 1.94. The van der Waals surface area contributed by atoms with Gasteiger partial charge in [0.1, 0.15) is 0 Å². The minimum atomic E-state index is 0.0326. The van der Waals surface area contributed by atoms with E-state index in [1.54, 1.807) is 0 Å². The molecule has 4 heteroatoms. The minimum absolute atomic E-state index is 0.0326. The van der Waals surface area contributed by atoms with Crippen molar-refractivity contribution in [3.8, 4) is 0 Å². The van der Waals surface area contributed by atoms with Gasteiger partial charge >= 0.3 is 0 Å². The van der Waals surface area contributed by atoms with Crippen molar-refractivity contribution in [3.63, 3.8) is 0 Å². The molecule has 1 saturated heterocycles. The summed E-state index contributed by atoms with van der Waals surface area (Å²) in [6.07, 6.45) is 2.92. The van der Waals surface area contributed by atoms with Crippen molar-refractivity contribution >= 4 is 16.7 Å². The fourth-order valence-electron chi connectivity index (χ4n) is 2.31. The number of nitrogens with zero attached hydrogens (tertiary/aromatic N) is 2. The molecule has 2 aromatic rings. The minimum Gasteiger partial charge on any atom is -0.399 e. The van der Waals surface area contributed by atoms with Gasteiger partial charge in [0.05, 0.1) is 29.5 Å². The second kappa shape index (κ2) is 3.22. The van der Waals surface area contributed by atoms with Crippen LogP contribution in [-0.2, 0) is 10.3 Å². The van der Waals surface area contributed by atoms with Crippen LogP contribution in [0.1, 0.15) is 13.3 Å². The van der Waals surface area contributed by atoms with Crippen LogP contribution in [-0.4, -0.2) is 22.8 Å². The molecule has 16 heavy (non-hydrogen) atoms. The van der Waals surface area contributed by atoms with Crippen LogP contribution in [0, 0.1) is 0 Å². The van der Waals surface area contributed by atoms with E-state index in [0.29, 0.717) is 0 Å². The predicted molar refractivity (Wildman–Crippen MR) is 63.2 cm³/mol. The highest BCUT2D eigenvalue weighted by atomic mass is 16.5. The third kappa shape index (κ3) is 1.30. The van der Waals surface area contributed by atoms with Crippen LogP contribution >= 0.6 is 0 Å². The standard InChI is InChI=1S/C12H15N3O/c1-12(4-5-16-7-12)15-8-14-10-6-9(13)2-3-11(10)15/h2-3,6,8H,4-5,7,13H2,1H3. The number of hydrogen-bond donors (Lipinski definition) is 1. The number of nitrogen functional groups attached to an aromatic ring is 1. The lowest BCUT2D eigenvalue weighted by Gasteiger charge is -2.24. The van der Waals surface area contributed by atoms with Crippen LogP contribution in [0.25, 0.3) is 11.0 Å². The van der Waals surface area contributed by atoms with Gasteiger partial charge in [-0.2, -0.15) is 0 Å². The van der Waals surface area contributed by atoms with Crippen LogP contribution in [0.2, 0.25) is 0 Å². The molecule has 84 valence electrons. The maximum atomic E-state index is 5.75. The Hall–Kier alpha value is -1.55. The van der Waals surface area contributed by atoms with Gasteiger partial charge in [-0.3, -0.25) is 0 Å². The van der Waals surface area contributed by atoms with Crippen LogP contribution in [0.15, 0.2) is 24.5 Å². The highest BCUT2D eigenvalue weighted by Crippen LogP contribution is 2.30. The molecular weight excluding hydrogens is 202 g/mol. The Labute approximate surface area is 94.0 Å². The zero-order valence-electron chi connectivity index (χ0n) is 9.31. The lowest BCUT2D eigenvalue weighted by atomic mass is 10.0. The molecule has 1 aromatic carbocycles. The van der Waals surface area contributed by atoms with Crippen LogP contribution in [0.5, 0.6) is 0 Å². The highest BCUT2D eigenvalue weighted by molar-refractivity contribution is 5.79. The Morgan fingerprint density at radius 1 is 1.50 bits per heavy atom. The van der Waals surface area contributed by atoms with Crippen molar-refractivity contribution in [1.82, 2.24) is 9.55 Å². The number of rotatable bonds is 1. The summed E-state index contributed by atoms with van der Waals surface area (Å²) in [6.45, 7) is 3.78. The summed E-state index contributed by atoms with van der Waals surface area (Å²) in [7, 11) is 0. The average molecular weight is 217 g/mol. The van der Waals surface area contributed by atoms with Gasteiger partial charge in [0.2, 0.25) is 0 Å². The lowest BCUT2D eigenvalue weighted by Crippen LogP contribution is -2.29. The van der Waals surface area contributed by atoms with Gasteiger partial charge in [-0.25, -0.2) is 4.98 Å². The van der Waals surface area contributed by atoms with E-state index in [9.17, 15) is 0 Å². The zero-order chi connectivity index (χ0) is 11.2. The van der Waals surface area contributed by atoms with Crippen LogP contribution in [0.3, 0.4) is 0 Å². The van der Waals surface area contributed by atoms with Gasteiger partial charge in [-0.05, 0) is 31.5 Å². The Bertz CT molecular complexity index is 526. The molecule has 1 fully saturated rings. The summed E-state index contributed by atoms with van der Waals surface area (Å²) in [4.78, 5) is 4.40. The van der Waals surface area contributed by atoms with E-state index in [2.05, 4.69) is 16.5 Å². The molecule has 1 unspecified atom stereocenters. The number of hydrogen-bond acceptors (Lipinski definition) is 3. The maximum Gasteiger partial charge on any atom is 0.0964 e. The molecule has 0 bridgehead atoms. The van der Waals surface area contributed by atoms with Gasteiger partial charge in [0, 0.05) is 12.3 Å². The fourth-order valence-corrected chi connectivity index (χ4v) is 2.31. The zero-order valence-corrected chi connectivity index (χ0v) is 9.31. The summed E-state index contributed by atoms with van der Waals surface area (Å²) in [5.41, 5.74) is 8.61. The van der Waals surface area contributed by atoms with E-state index >= 15 is 0 Å². The fraction of sp³-hybridized carbons (Fsp3) is 0.417. The van der Waals surface area contributed by atoms with Gasteiger partial charge in [-0.1, -0.05) is 0 Å². The van der Waals surface area contributed by atoms with E-state index < -0.39 is 0 Å². The summed E-state index contributed by atoms with van der Waals surface area (Å²) in [5, 5.41) is 0. The summed E-state index contributed by atoms with van der Waals surface area (Å²) in [6, 6.07) is 5.85. The molecule has 0 aliphatic carbocycles. The quantitative estimate of drug-likeness (QED) is 0.740. The number of anilines is 1. The predicted octanol–water partition coefficient (Wildman–Crippen LogP) is 1.75. The van der Waals surface area contributed by atoms with Crippen molar-refractivity contribution in [2.75, 3.05) is 18.9 Å². The third-order valence-electron chi connectivity index (χ3n) is 3.35. The highest BCUT2D eigenvalue weighted by Gasteiger charge is 2.32. The molecule has 1 atom stereocenters. The second-order valence-electron chi connectivity index (χ2n) is 4.66. The molecule has 3 rings (SSSR count). The maximum absolute atomic E-state index is 5.75. The molecule has 1 aliphatic heterocycles. The van der Waals surface area contributed by atoms with Crippen LogP contribution in [0.4, 0.5) is 5.69 Å². The molecule has 2 heterocycles. The lowest BCUT2D eigenvalue weighted by molar-refractivity contribution is 0.163. The SMILES string of the molecule is CC1(n2cnc3cc(N)ccc32)CCOC1. The summed E-state index contributed by atoms with van der Waals surface area (Å²) < 4.78 is 7.69. The normalized spacial score (nSPS) is 25.3. The van der Waals surface area contributed by atoms with Gasteiger partial charge in [0.25, 0.3) is 0 Å². The molecule has 2 N–H and O–H groups in total. The number of nitrogens with two attached hydrogens (primary N) is 1. The van der Waals surface area contributed by atoms with Gasteiger partial charge in [-0.15, -0.1) is 0 Å². The topological polar surface area (TPSA) is 53.1 Å². The smallest absolute Gasteiger partial charge is 0.0964 e. The number of imidazole rings is 1. The van der Waals surface area contributed by atoms with Crippen molar-refractivity contribution in [3.05, 3.63) is 24.5 Å². The van der Waals surface area contributed by atoms with E-state index in [0.717, 1.165) is 36.4 Å². The average Bonchev–Trinajstić information content (AvgIpc) is 2.84. The monoisotopic (exact) mass is 217 g/mol. The largest absolute Gasteiger partial charge is 0.399 e. The van der Waals surface area contributed by atoms with E-state index in [4.69, 9.17) is 10.5 Å². The summed E-state index contributed by atoms with van der Waals surface area (Å²) in [5.74, 6) is 0. The molecule has 0 radical (unpaired) electrons. The Morgan fingerprint density at radius 2 is 2.38 bits per heavy atom. The molecule has 0 spiro atoms. The second-order valence-corrected chi connectivity index (χ2v) is 4.66. The number of ether oxygens (including phenoxy) is 1. The molecule has 0 amide bonds. The molecule has 1 aromatic heterocycles. The van der Waals surface area contributed by atoms with E-state index in [1.165, 1.54) is 0 Å². The van der Waals surface area contributed by atoms with Crippen molar-refractivity contribution < 1.29 is 4.74 Å². The molecule has 4 nitrogen and oxygen atoms in total. The van der Waals surface area contributed by atoms with E-state index in [-0.39, 0.29) is 5.54 Å². The number of aromatic nitrogens is 2. The van der Waals surface area contributed by atoms with Crippen LogP contribution < -0.4 is 5.73 Å². The first-order valence-corrected chi connectivity index (χ1v) is 5.50. The van der Waals surface area contributed by atoms with Gasteiger partial charge < -0.3 is 15.0 Å². The first kappa shape index (κ1) is 9.66. The summed E-state index contributed by atoms with van der Waals surface area (Å²) >= 11 is 0. The number of fused-ring (bicyclic) bond motifs is 1. The van der Waals surface area contributed by atoms with Crippen molar-refractivity contribution in [2.24, 2.45) is 0 Å². The van der Waals surface area contributed by atoms with Crippen molar-refractivity contribution in [2.45, 2.75) is 18.9 Å². The van der Waals surface area contributed by atoms with Crippen molar-refractivity contribution in [1.29, 1.82) is 0 Å². The molecule has 0 saturated carbocycles. The number of benzene rings is 1. The molecular formula is C12H15N3O. The van der Waals surface area contributed by atoms with Gasteiger partial charge in [0.15, 0.2) is 0 Å². The Balaban J connectivity index is 2.17. The molecule has 1 aliphatic rings. The first-order valence-electron chi connectivity index (χ1n) is 5.50. The first-order chi connectivity index (χ1) is 7.69.